The molecule has 0 aliphatic rings. The van der Waals surface area contributed by atoms with Gasteiger partial charge in [-0.3, -0.25) is 10.2 Å². The Morgan fingerprint density at radius 3 is 2.29 bits per heavy atom. The van der Waals surface area contributed by atoms with E-state index in [2.05, 4.69) is 16.0 Å². The minimum atomic E-state index is -1.18. The molecule has 2 atom stereocenters. The minimum Gasteiger partial charge on any atom is -0.480 e. The summed E-state index contributed by atoms with van der Waals surface area (Å²) in [4.78, 5) is 34.8. The van der Waals surface area contributed by atoms with Gasteiger partial charge in [0.05, 0.1) is 0 Å². The fourth-order valence-electron chi connectivity index (χ4n) is 1.63. The van der Waals surface area contributed by atoms with E-state index >= 15 is 0 Å². The lowest BCUT2D eigenvalue weighted by Crippen LogP contribution is -2.51. The van der Waals surface area contributed by atoms with Gasteiger partial charge < -0.3 is 31.5 Å². The van der Waals surface area contributed by atoms with Gasteiger partial charge in [-0.2, -0.15) is 0 Å². The topological polar surface area (TPSA) is 167 Å². The summed E-state index contributed by atoms with van der Waals surface area (Å²) in [7, 11) is 0. The molecule has 0 bridgehead atoms. The number of ether oxygens (including phenoxy) is 1. The van der Waals surface area contributed by atoms with E-state index in [1.807, 2.05) is 0 Å². The number of amides is 2. The van der Waals surface area contributed by atoms with Gasteiger partial charge in [0.2, 0.25) is 5.91 Å². The molecule has 0 aromatic rings. The molecule has 0 fully saturated rings. The normalized spacial score (nSPS) is 13.3. The van der Waals surface area contributed by atoms with Crippen LogP contribution in [0.4, 0.5) is 4.79 Å². The van der Waals surface area contributed by atoms with Crippen LogP contribution >= 0.6 is 0 Å². The number of carboxylic acid groups (broad SMARTS) is 1. The summed E-state index contributed by atoms with van der Waals surface area (Å²) in [5.74, 6) is -2.02. The number of guanidine groups is 1. The summed E-state index contributed by atoms with van der Waals surface area (Å²) < 4.78 is 5.03. The molecule has 0 heterocycles. The zero-order valence-corrected chi connectivity index (χ0v) is 14.4. The average Bonchev–Trinajstić information content (AvgIpc) is 2.38. The SMILES string of the molecule is C[C@H](NC(=O)OC(C)(C)C)C(=O)N[C@@H](CCCNC(=N)N)C(=O)O. The number of nitrogens with one attached hydrogen (secondary N) is 4. The quantitative estimate of drug-likeness (QED) is 0.200. The lowest BCUT2D eigenvalue weighted by Gasteiger charge is -2.22. The average molecular weight is 345 g/mol. The Bertz CT molecular complexity index is 475. The van der Waals surface area contributed by atoms with Crippen LogP contribution in [0.25, 0.3) is 0 Å². The molecular formula is C14H27N5O5. The van der Waals surface area contributed by atoms with E-state index in [-0.39, 0.29) is 12.4 Å². The van der Waals surface area contributed by atoms with Crippen LogP contribution in [0.5, 0.6) is 0 Å². The van der Waals surface area contributed by atoms with Crippen molar-refractivity contribution in [2.24, 2.45) is 5.73 Å². The Morgan fingerprint density at radius 1 is 1.25 bits per heavy atom. The highest BCUT2D eigenvalue weighted by molar-refractivity contribution is 5.88. The molecule has 0 aromatic heterocycles. The Morgan fingerprint density at radius 2 is 1.83 bits per heavy atom. The molecule has 0 aliphatic carbocycles. The fraction of sp³-hybridized carbons (Fsp3) is 0.714. The maximum atomic E-state index is 12.0. The number of rotatable bonds is 8. The second-order valence-electron chi connectivity index (χ2n) is 6.25. The second kappa shape index (κ2) is 9.58. The third kappa shape index (κ3) is 10.2. The van der Waals surface area contributed by atoms with Crippen molar-refractivity contribution in [2.75, 3.05) is 6.54 Å². The lowest BCUT2D eigenvalue weighted by atomic mass is 10.1. The van der Waals surface area contributed by atoms with E-state index in [0.717, 1.165) is 0 Å². The Kier molecular flexibility index (Phi) is 8.58. The number of hydrogen-bond acceptors (Lipinski definition) is 5. The van der Waals surface area contributed by atoms with E-state index in [1.54, 1.807) is 20.8 Å². The second-order valence-corrected chi connectivity index (χ2v) is 6.25. The number of carboxylic acids is 1. The van der Waals surface area contributed by atoms with Gasteiger partial charge in [-0.05, 0) is 40.5 Å². The summed E-state index contributed by atoms with van der Waals surface area (Å²) >= 11 is 0. The van der Waals surface area contributed by atoms with Gasteiger partial charge in [-0.25, -0.2) is 9.59 Å². The number of aliphatic carboxylic acids is 1. The smallest absolute Gasteiger partial charge is 0.408 e. The van der Waals surface area contributed by atoms with E-state index < -0.39 is 35.7 Å². The Hall–Kier alpha value is -2.52. The van der Waals surface area contributed by atoms with Crippen LogP contribution in [-0.2, 0) is 14.3 Å². The molecule has 0 aliphatic heterocycles. The standard InChI is InChI=1S/C14H27N5O5/c1-8(18-13(23)24-14(2,3)4)10(20)19-9(11(21)22)6-5-7-17-12(15)16/h8-9H,5-7H2,1-4H3,(H,18,23)(H,19,20)(H,21,22)(H4,15,16,17)/t8-,9-/m0/s1. The Labute approximate surface area is 141 Å². The maximum absolute atomic E-state index is 12.0. The number of hydrogen-bond donors (Lipinski definition) is 6. The van der Waals surface area contributed by atoms with E-state index in [0.29, 0.717) is 13.0 Å². The Balaban J connectivity index is 4.42. The van der Waals surface area contributed by atoms with E-state index in [1.165, 1.54) is 6.92 Å². The first-order chi connectivity index (χ1) is 10.9. The van der Waals surface area contributed by atoms with Gasteiger partial charge in [0.15, 0.2) is 5.96 Å². The third-order valence-corrected chi connectivity index (χ3v) is 2.73. The van der Waals surface area contributed by atoms with Crippen molar-refractivity contribution in [2.45, 2.75) is 58.2 Å². The van der Waals surface area contributed by atoms with Crippen LogP contribution in [0, 0.1) is 5.41 Å². The van der Waals surface area contributed by atoms with Gasteiger partial charge in [0, 0.05) is 6.54 Å². The molecule has 0 aromatic carbocycles. The van der Waals surface area contributed by atoms with Gasteiger partial charge in [-0.1, -0.05) is 0 Å². The molecule has 0 unspecified atom stereocenters. The van der Waals surface area contributed by atoms with Crippen molar-refractivity contribution >= 4 is 23.9 Å². The molecule has 0 saturated heterocycles. The van der Waals surface area contributed by atoms with Crippen LogP contribution in [0.2, 0.25) is 0 Å². The largest absolute Gasteiger partial charge is 0.480 e. The van der Waals surface area contributed by atoms with Crippen molar-refractivity contribution in [1.82, 2.24) is 16.0 Å². The highest BCUT2D eigenvalue weighted by Gasteiger charge is 2.25. The highest BCUT2D eigenvalue weighted by Crippen LogP contribution is 2.06. The first-order valence-corrected chi connectivity index (χ1v) is 7.53. The van der Waals surface area contributed by atoms with Crippen molar-refractivity contribution < 1.29 is 24.2 Å². The summed E-state index contributed by atoms with van der Waals surface area (Å²) in [5, 5.41) is 23.4. The highest BCUT2D eigenvalue weighted by atomic mass is 16.6. The molecule has 0 saturated carbocycles. The molecule has 0 spiro atoms. The summed E-state index contributed by atoms with van der Waals surface area (Å²) in [6.45, 7) is 6.81. The number of carbonyl (C=O) groups is 3. The summed E-state index contributed by atoms with van der Waals surface area (Å²) in [6, 6.07) is -2.05. The van der Waals surface area contributed by atoms with Crippen molar-refractivity contribution in [3.8, 4) is 0 Å². The first-order valence-electron chi connectivity index (χ1n) is 7.53. The van der Waals surface area contributed by atoms with E-state index in [9.17, 15) is 14.4 Å². The van der Waals surface area contributed by atoms with Gasteiger partial charge in [0.25, 0.3) is 0 Å². The molecule has 0 rings (SSSR count). The molecule has 24 heavy (non-hydrogen) atoms. The molecular weight excluding hydrogens is 318 g/mol. The lowest BCUT2D eigenvalue weighted by molar-refractivity contribution is -0.142. The molecule has 2 amide bonds. The number of nitrogens with two attached hydrogens (primary N) is 1. The molecule has 10 nitrogen and oxygen atoms in total. The molecule has 138 valence electrons. The number of alkyl carbamates (subject to hydrolysis) is 1. The van der Waals surface area contributed by atoms with Gasteiger partial charge in [0.1, 0.15) is 17.7 Å². The molecule has 7 N–H and O–H groups in total. The van der Waals surface area contributed by atoms with Crippen LogP contribution in [-0.4, -0.2) is 53.3 Å². The van der Waals surface area contributed by atoms with Crippen LogP contribution in [0.15, 0.2) is 0 Å². The first kappa shape index (κ1) is 21.5. The predicted octanol–water partition coefficient (Wildman–Crippen LogP) is -0.268. The van der Waals surface area contributed by atoms with Crippen molar-refractivity contribution in [1.29, 1.82) is 5.41 Å². The molecule has 0 radical (unpaired) electrons. The zero-order chi connectivity index (χ0) is 18.9. The van der Waals surface area contributed by atoms with Gasteiger partial charge >= 0.3 is 12.1 Å². The minimum absolute atomic E-state index is 0.153. The fourth-order valence-corrected chi connectivity index (χ4v) is 1.63. The van der Waals surface area contributed by atoms with Crippen LogP contribution in [0.1, 0.15) is 40.5 Å². The summed E-state index contributed by atoms with van der Waals surface area (Å²) in [5.41, 5.74) is 4.41. The van der Waals surface area contributed by atoms with Crippen molar-refractivity contribution in [3.63, 3.8) is 0 Å². The van der Waals surface area contributed by atoms with Crippen molar-refractivity contribution in [3.05, 3.63) is 0 Å². The monoisotopic (exact) mass is 345 g/mol. The van der Waals surface area contributed by atoms with E-state index in [4.69, 9.17) is 21.0 Å². The molecule has 10 heteroatoms. The maximum Gasteiger partial charge on any atom is 0.408 e. The predicted molar refractivity (Wildman–Crippen MR) is 87.5 cm³/mol. The van der Waals surface area contributed by atoms with Crippen LogP contribution < -0.4 is 21.7 Å². The van der Waals surface area contributed by atoms with Crippen LogP contribution in [0.3, 0.4) is 0 Å². The number of carbonyl (C=O) groups excluding carboxylic acids is 2. The summed E-state index contributed by atoms with van der Waals surface area (Å²) in [6.07, 6.45) is -0.215. The third-order valence-electron chi connectivity index (χ3n) is 2.73. The van der Waals surface area contributed by atoms with Gasteiger partial charge in [-0.15, -0.1) is 0 Å². The zero-order valence-electron chi connectivity index (χ0n) is 14.4.